The molecule has 1 unspecified atom stereocenters. The second-order valence-electron chi connectivity index (χ2n) is 6.67. The fourth-order valence-electron chi connectivity index (χ4n) is 3.28. The molecule has 27 heavy (non-hydrogen) atoms. The molecule has 0 spiro atoms. The van der Waals surface area contributed by atoms with Gasteiger partial charge in [0, 0.05) is 5.56 Å². The van der Waals surface area contributed by atoms with E-state index in [4.69, 9.17) is 0 Å². The molecule has 0 radical (unpaired) electrons. The summed E-state index contributed by atoms with van der Waals surface area (Å²) in [6, 6.07) is 10.5. The summed E-state index contributed by atoms with van der Waals surface area (Å²) in [5.41, 5.74) is 3.16. The average molecular weight is 387 g/mol. The van der Waals surface area contributed by atoms with Gasteiger partial charge in [-0.15, -0.1) is 0 Å². The quantitative estimate of drug-likeness (QED) is 0.610. The summed E-state index contributed by atoms with van der Waals surface area (Å²) in [4.78, 5) is 38.7. The summed E-state index contributed by atoms with van der Waals surface area (Å²) in [6.45, 7) is 2.67. The van der Waals surface area contributed by atoms with Crippen LogP contribution in [0.2, 0.25) is 0 Å². The minimum Gasteiger partial charge on any atom is -0.326 e. The fraction of sp³-hybridized carbons (Fsp3) is 0.316. The SMILES string of the molecule is CC[C@]1(c2ccccc2)NC(=O)N(NC(=O)C[NH+](C)Cc2ccsc2)C1=O. The number of amides is 4. The Morgan fingerprint density at radius 1 is 1.26 bits per heavy atom. The van der Waals surface area contributed by atoms with E-state index in [2.05, 4.69) is 10.7 Å². The third-order valence-electron chi connectivity index (χ3n) is 4.67. The number of rotatable bonds is 7. The molecule has 1 saturated heterocycles. The number of urea groups is 1. The molecule has 7 nitrogen and oxygen atoms in total. The van der Waals surface area contributed by atoms with E-state index >= 15 is 0 Å². The van der Waals surface area contributed by atoms with E-state index in [0.29, 0.717) is 18.5 Å². The summed E-state index contributed by atoms with van der Waals surface area (Å²) >= 11 is 1.61. The molecule has 1 aromatic carbocycles. The molecule has 3 rings (SSSR count). The number of hydrazine groups is 1. The van der Waals surface area contributed by atoms with Crippen LogP contribution in [-0.4, -0.2) is 36.4 Å². The third kappa shape index (κ3) is 3.86. The zero-order valence-electron chi connectivity index (χ0n) is 15.3. The van der Waals surface area contributed by atoms with Crippen molar-refractivity contribution >= 4 is 29.2 Å². The van der Waals surface area contributed by atoms with Crippen molar-refractivity contribution in [2.45, 2.75) is 25.4 Å². The Morgan fingerprint density at radius 2 is 2.00 bits per heavy atom. The first-order valence-electron chi connectivity index (χ1n) is 8.80. The number of carbonyl (C=O) groups excluding carboxylic acids is 3. The highest BCUT2D eigenvalue weighted by molar-refractivity contribution is 7.07. The molecule has 0 saturated carbocycles. The minimum atomic E-state index is -1.15. The van der Waals surface area contributed by atoms with Crippen molar-refractivity contribution in [3.05, 3.63) is 58.3 Å². The zero-order valence-corrected chi connectivity index (χ0v) is 16.1. The number of carbonyl (C=O) groups is 3. The van der Waals surface area contributed by atoms with Crippen LogP contribution in [0.1, 0.15) is 24.5 Å². The van der Waals surface area contributed by atoms with Crippen LogP contribution < -0.4 is 15.6 Å². The van der Waals surface area contributed by atoms with Crippen molar-refractivity contribution in [2.24, 2.45) is 0 Å². The first kappa shape index (κ1) is 19.1. The molecule has 2 aromatic rings. The number of likely N-dealkylation sites (N-methyl/N-ethyl adjacent to an activating group) is 1. The second-order valence-corrected chi connectivity index (χ2v) is 7.45. The van der Waals surface area contributed by atoms with Crippen molar-refractivity contribution in [3.8, 4) is 0 Å². The van der Waals surface area contributed by atoms with Gasteiger partial charge < -0.3 is 10.2 Å². The van der Waals surface area contributed by atoms with E-state index in [1.54, 1.807) is 23.5 Å². The molecule has 1 aliphatic rings. The van der Waals surface area contributed by atoms with Gasteiger partial charge in [-0.2, -0.15) is 16.3 Å². The number of hydrogen-bond acceptors (Lipinski definition) is 4. The fourth-order valence-corrected chi connectivity index (χ4v) is 3.95. The molecule has 3 N–H and O–H groups in total. The van der Waals surface area contributed by atoms with Crippen molar-refractivity contribution in [2.75, 3.05) is 13.6 Å². The van der Waals surface area contributed by atoms with Gasteiger partial charge in [0.25, 0.3) is 11.8 Å². The number of imide groups is 1. The summed E-state index contributed by atoms with van der Waals surface area (Å²) in [5.74, 6) is -0.851. The first-order chi connectivity index (χ1) is 13.0. The lowest BCUT2D eigenvalue weighted by Crippen LogP contribution is -3.09. The Bertz CT molecular complexity index is 825. The molecular weight excluding hydrogens is 364 g/mol. The zero-order chi connectivity index (χ0) is 19.4. The monoisotopic (exact) mass is 387 g/mol. The molecule has 2 atom stereocenters. The van der Waals surface area contributed by atoms with Gasteiger partial charge in [-0.25, -0.2) is 4.79 Å². The van der Waals surface area contributed by atoms with Crippen LogP contribution in [0.4, 0.5) is 4.79 Å². The van der Waals surface area contributed by atoms with Crippen molar-refractivity contribution in [3.63, 3.8) is 0 Å². The van der Waals surface area contributed by atoms with Crippen molar-refractivity contribution in [1.29, 1.82) is 0 Å². The van der Waals surface area contributed by atoms with Crippen LogP contribution in [0.5, 0.6) is 0 Å². The normalized spacial score (nSPS) is 20.4. The molecule has 142 valence electrons. The maximum absolute atomic E-state index is 13.0. The molecule has 1 aromatic heterocycles. The van der Waals surface area contributed by atoms with Crippen molar-refractivity contribution < 1.29 is 19.3 Å². The molecule has 4 amide bonds. The number of benzene rings is 1. The van der Waals surface area contributed by atoms with Gasteiger partial charge in [0.2, 0.25) is 0 Å². The number of nitrogens with zero attached hydrogens (tertiary/aromatic N) is 1. The number of nitrogens with one attached hydrogen (secondary N) is 3. The van der Waals surface area contributed by atoms with Crippen LogP contribution in [0, 0.1) is 0 Å². The van der Waals surface area contributed by atoms with E-state index in [0.717, 1.165) is 15.5 Å². The molecular formula is C19H23N4O3S+. The number of hydrogen-bond donors (Lipinski definition) is 3. The highest BCUT2D eigenvalue weighted by atomic mass is 32.1. The van der Waals surface area contributed by atoms with Crippen LogP contribution >= 0.6 is 11.3 Å². The molecule has 0 bridgehead atoms. The lowest BCUT2D eigenvalue weighted by Gasteiger charge is -2.25. The average Bonchev–Trinajstić information content (AvgIpc) is 3.24. The van der Waals surface area contributed by atoms with E-state index in [1.165, 1.54) is 0 Å². The predicted molar refractivity (Wildman–Crippen MR) is 102 cm³/mol. The van der Waals surface area contributed by atoms with Crippen LogP contribution in [0.15, 0.2) is 47.2 Å². The molecule has 2 heterocycles. The molecule has 1 fully saturated rings. The number of thiophene rings is 1. The summed E-state index contributed by atoms with van der Waals surface area (Å²) in [7, 11) is 1.89. The maximum atomic E-state index is 13.0. The largest absolute Gasteiger partial charge is 0.344 e. The lowest BCUT2D eigenvalue weighted by molar-refractivity contribution is -0.885. The van der Waals surface area contributed by atoms with Gasteiger partial charge in [-0.05, 0) is 28.8 Å². The maximum Gasteiger partial charge on any atom is 0.344 e. The van der Waals surface area contributed by atoms with Gasteiger partial charge in [-0.3, -0.25) is 15.0 Å². The lowest BCUT2D eigenvalue weighted by atomic mass is 9.87. The smallest absolute Gasteiger partial charge is 0.326 e. The Labute approximate surface area is 161 Å². The van der Waals surface area contributed by atoms with Crippen LogP contribution in [0.25, 0.3) is 0 Å². The molecule has 1 aliphatic heterocycles. The van der Waals surface area contributed by atoms with Gasteiger partial charge in [0.15, 0.2) is 6.54 Å². The summed E-state index contributed by atoms with van der Waals surface area (Å²) in [6.07, 6.45) is 0.386. The van der Waals surface area contributed by atoms with Gasteiger partial charge in [0.05, 0.1) is 7.05 Å². The summed E-state index contributed by atoms with van der Waals surface area (Å²) in [5, 5.41) is 7.57. The Kier molecular flexibility index (Phi) is 5.57. The highest BCUT2D eigenvalue weighted by Gasteiger charge is 2.52. The Morgan fingerprint density at radius 3 is 2.63 bits per heavy atom. The Balaban J connectivity index is 1.67. The third-order valence-corrected chi connectivity index (χ3v) is 5.41. The molecule has 0 aliphatic carbocycles. The Hall–Kier alpha value is -2.71. The minimum absolute atomic E-state index is 0.150. The van der Waals surface area contributed by atoms with Gasteiger partial charge in [-0.1, -0.05) is 37.3 Å². The van der Waals surface area contributed by atoms with Crippen LogP contribution in [0.3, 0.4) is 0 Å². The van der Waals surface area contributed by atoms with E-state index < -0.39 is 17.5 Å². The standard InChI is InChI=1S/C19H22N4O3S/c1-3-19(15-7-5-4-6-8-15)17(25)23(18(26)20-19)21-16(24)12-22(2)11-14-9-10-27-13-14/h4-10,13H,3,11-12H2,1-2H3,(H,20,26)(H,21,24)/p+1/t19-/m1/s1. The predicted octanol–water partition coefficient (Wildman–Crippen LogP) is 0.651. The second kappa shape index (κ2) is 7.89. The van der Waals surface area contributed by atoms with E-state index in [9.17, 15) is 14.4 Å². The topological polar surface area (TPSA) is 83.0 Å². The van der Waals surface area contributed by atoms with Crippen LogP contribution in [-0.2, 0) is 21.7 Å². The van der Waals surface area contributed by atoms with Gasteiger partial charge >= 0.3 is 6.03 Å². The molecule has 8 heteroatoms. The summed E-state index contributed by atoms with van der Waals surface area (Å²) < 4.78 is 0. The highest BCUT2D eigenvalue weighted by Crippen LogP contribution is 2.31. The van der Waals surface area contributed by atoms with E-state index in [1.807, 2.05) is 49.0 Å². The van der Waals surface area contributed by atoms with E-state index in [-0.39, 0.29) is 12.5 Å². The number of quaternary nitrogens is 1. The van der Waals surface area contributed by atoms with Gasteiger partial charge in [0.1, 0.15) is 12.1 Å². The first-order valence-corrected chi connectivity index (χ1v) is 9.74. The van der Waals surface area contributed by atoms with Crippen molar-refractivity contribution in [1.82, 2.24) is 15.8 Å².